The van der Waals surface area contributed by atoms with Crippen LogP contribution in [0.5, 0.6) is 0 Å². The Bertz CT molecular complexity index is 393. The predicted octanol–water partition coefficient (Wildman–Crippen LogP) is 2.88. The molecule has 16 heavy (non-hydrogen) atoms. The topological polar surface area (TPSA) is 33.1 Å². The standard InChI is InChI=1S/C8H5ClF5NO/c9-5-1-6(15-2-4(5)3-16)7(10,11)8(12,13)14/h1-2,16H,3H2. The molecule has 0 aliphatic carbocycles. The highest BCUT2D eigenvalue weighted by atomic mass is 35.5. The van der Waals surface area contributed by atoms with Gasteiger partial charge < -0.3 is 5.11 Å². The van der Waals surface area contributed by atoms with Crippen molar-refractivity contribution < 1.29 is 27.1 Å². The lowest BCUT2D eigenvalue weighted by atomic mass is 10.2. The van der Waals surface area contributed by atoms with E-state index in [-0.39, 0.29) is 5.56 Å². The average Bonchev–Trinajstić information content (AvgIpc) is 2.15. The summed E-state index contributed by atoms with van der Waals surface area (Å²) in [5.74, 6) is -5.06. The Labute approximate surface area is 91.7 Å². The van der Waals surface area contributed by atoms with E-state index in [0.29, 0.717) is 12.3 Å². The van der Waals surface area contributed by atoms with Crippen LogP contribution in [0.25, 0.3) is 0 Å². The van der Waals surface area contributed by atoms with Crippen LogP contribution in [0.2, 0.25) is 5.02 Å². The molecule has 1 rings (SSSR count). The molecule has 0 bridgehead atoms. The maximum absolute atomic E-state index is 12.8. The number of aromatic nitrogens is 1. The van der Waals surface area contributed by atoms with Crippen molar-refractivity contribution in [3.63, 3.8) is 0 Å². The zero-order chi connectivity index (χ0) is 12.6. The van der Waals surface area contributed by atoms with Gasteiger partial charge in [-0.1, -0.05) is 11.6 Å². The maximum Gasteiger partial charge on any atom is 0.459 e. The minimum atomic E-state index is -5.73. The molecule has 1 aromatic heterocycles. The Hall–Kier alpha value is -0.950. The molecule has 0 spiro atoms. The molecular formula is C8H5ClF5NO. The minimum Gasteiger partial charge on any atom is -0.392 e. The molecule has 0 amide bonds. The zero-order valence-corrected chi connectivity index (χ0v) is 8.28. The smallest absolute Gasteiger partial charge is 0.392 e. The number of nitrogens with zero attached hydrogens (tertiary/aromatic N) is 1. The SMILES string of the molecule is OCc1cnc(C(F)(F)C(F)(F)F)cc1Cl. The Balaban J connectivity index is 3.20. The van der Waals surface area contributed by atoms with Crippen LogP contribution in [0.15, 0.2) is 12.3 Å². The van der Waals surface area contributed by atoms with E-state index in [2.05, 4.69) is 4.98 Å². The summed E-state index contributed by atoms with van der Waals surface area (Å²) in [6, 6.07) is 0.389. The minimum absolute atomic E-state index is 0.0246. The van der Waals surface area contributed by atoms with Crippen molar-refractivity contribution >= 4 is 11.6 Å². The lowest BCUT2D eigenvalue weighted by Crippen LogP contribution is -2.34. The maximum atomic E-state index is 12.8. The third-order valence-corrected chi connectivity index (χ3v) is 2.13. The van der Waals surface area contributed by atoms with Gasteiger partial charge in [0.2, 0.25) is 0 Å². The first kappa shape index (κ1) is 13.1. The first-order valence-electron chi connectivity index (χ1n) is 3.90. The highest BCUT2D eigenvalue weighted by Crippen LogP contribution is 2.43. The van der Waals surface area contributed by atoms with Gasteiger partial charge in [0.1, 0.15) is 5.69 Å². The summed E-state index contributed by atoms with van der Waals surface area (Å²) in [6.07, 6.45) is -5.05. The largest absolute Gasteiger partial charge is 0.459 e. The summed E-state index contributed by atoms with van der Waals surface area (Å²) in [6.45, 7) is -0.594. The lowest BCUT2D eigenvalue weighted by molar-refractivity contribution is -0.290. The van der Waals surface area contributed by atoms with E-state index in [1.807, 2.05) is 0 Å². The van der Waals surface area contributed by atoms with E-state index < -0.39 is 29.4 Å². The second-order valence-electron chi connectivity index (χ2n) is 2.89. The van der Waals surface area contributed by atoms with Gasteiger partial charge in [-0.15, -0.1) is 0 Å². The van der Waals surface area contributed by atoms with Gasteiger partial charge >= 0.3 is 12.1 Å². The molecule has 0 saturated heterocycles. The van der Waals surface area contributed by atoms with Gasteiger partial charge in [0.15, 0.2) is 0 Å². The number of hydrogen-bond acceptors (Lipinski definition) is 2. The molecule has 2 nitrogen and oxygen atoms in total. The summed E-state index contributed by atoms with van der Waals surface area (Å²) in [5, 5.41) is 8.25. The molecule has 0 radical (unpaired) electrons. The number of alkyl halides is 5. The van der Waals surface area contributed by atoms with Crippen molar-refractivity contribution in [3.8, 4) is 0 Å². The van der Waals surface area contributed by atoms with E-state index >= 15 is 0 Å². The molecule has 0 aromatic carbocycles. The zero-order valence-electron chi connectivity index (χ0n) is 7.52. The van der Waals surface area contributed by atoms with Crippen LogP contribution in [0.1, 0.15) is 11.3 Å². The first-order valence-corrected chi connectivity index (χ1v) is 4.28. The molecule has 1 heterocycles. The predicted molar refractivity (Wildman–Crippen MR) is 45.1 cm³/mol. The molecule has 0 saturated carbocycles. The van der Waals surface area contributed by atoms with Crippen LogP contribution in [-0.4, -0.2) is 16.3 Å². The Kier molecular flexibility index (Phi) is 3.39. The Morgan fingerprint density at radius 2 is 1.81 bits per heavy atom. The van der Waals surface area contributed by atoms with Crippen molar-refractivity contribution in [1.29, 1.82) is 0 Å². The molecular weight excluding hydrogens is 257 g/mol. The van der Waals surface area contributed by atoms with Gasteiger partial charge in [-0.05, 0) is 6.07 Å². The molecule has 0 atom stereocenters. The molecule has 1 N–H and O–H groups in total. The molecule has 0 aliphatic rings. The molecule has 90 valence electrons. The van der Waals surface area contributed by atoms with Gasteiger partial charge in [0, 0.05) is 16.8 Å². The van der Waals surface area contributed by atoms with Gasteiger partial charge in [-0.25, -0.2) is 0 Å². The van der Waals surface area contributed by atoms with Crippen LogP contribution in [0.3, 0.4) is 0 Å². The van der Waals surface area contributed by atoms with Gasteiger partial charge in [-0.2, -0.15) is 22.0 Å². The average molecular weight is 262 g/mol. The highest BCUT2D eigenvalue weighted by molar-refractivity contribution is 6.31. The third kappa shape index (κ3) is 2.25. The quantitative estimate of drug-likeness (QED) is 0.831. The summed E-state index contributed by atoms with van der Waals surface area (Å²) in [7, 11) is 0. The summed E-state index contributed by atoms with van der Waals surface area (Å²) < 4.78 is 61.4. The van der Waals surface area contributed by atoms with E-state index in [1.54, 1.807) is 0 Å². The van der Waals surface area contributed by atoms with Gasteiger partial charge in [-0.3, -0.25) is 4.98 Å². The summed E-state index contributed by atoms with van der Waals surface area (Å²) in [5.41, 5.74) is -1.52. The van der Waals surface area contributed by atoms with Crippen molar-refractivity contribution in [2.24, 2.45) is 0 Å². The van der Waals surface area contributed by atoms with Crippen molar-refractivity contribution in [1.82, 2.24) is 4.98 Å². The number of hydrogen-bond donors (Lipinski definition) is 1. The normalized spacial score (nSPS) is 12.9. The second-order valence-corrected chi connectivity index (χ2v) is 3.30. The number of halogens is 6. The fourth-order valence-corrected chi connectivity index (χ4v) is 1.10. The first-order chi connectivity index (χ1) is 7.20. The van der Waals surface area contributed by atoms with Crippen molar-refractivity contribution in [2.45, 2.75) is 18.7 Å². The molecule has 1 aromatic rings. The fraction of sp³-hybridized carbons (Fsp3) is 0.375. The molecule has 0 fully saturated rings. The molecule has 0 aliphatic heterocycles. The molecule has 8 heteroatoms. The lowest BCUT2D eigenvalue weighted by Gasteiger charge is -2.19. The van der Waals surface area contributed by atoms with Gasteiger partial charge in [0.25, 0.3) is 0 Å². The van der Waals surface area contributed by atoms with E-state index in [4.69, 9.17) is 16.7 Å². The summed E-state index contributed by atoms with van der Waals surface area (Å²) in [4.78, 5) is 2.93. The number of pyridine rings is 1. The monoisotopic (exact) mass is 261 g/mol. The van der Waals surface area contributed by atoms with Gasteiger partial charge in [0.05, 0.1) is 6.61 Å². The second kappa shape index (κ2) is 4.14. The fourth-order valence-electron chi connectivity index (χ4n) is 0.892. The number of aliphatic hydroxyl groups is 1. The van der Waals surface area contributed by atoms with Crippen LogP contribution in [0.4, 0.5) is 22.0 Å². The number of aliphatic hydroxyl groups excluding tert-OH is 1. The van der Waals surface area contributed by atoms with E-state index in [1.165, 1.54) is 0 Å². The van der Waals surface area contributed by atoms with E-state index in [9.17, 15) is 22.0 Å². The van der Waals surface area contributed by atoms with Crippen molar-refractivity contribution in [2.75, 3.05) is 0 Å². The van der Waals surface area contributed by atoms with Crippen LogP contribution >= 0.6 is 11.6 Å². The summed E-state index contributed by atoms with van der Waals surface area (Å²) >= 11 is 5.38. The van der Waals surface area contributed by atoms with Crippen LogP contribution in [-0.2, 0) is 12.5 Å². The highest BCUT2D eigenvalue weighted by Gasteiger charge is 2.59. The van der Waals surface area contributed by atoms with Crippen molar-refractivity contribution in [3.05, 3.63) is 28.5 Å². The third-order valence-electron chi connectivity index (χ3n) is 1.78. The van der Waals surface area contributed by atoms with Crippen LogP contribution in [0, 0.1) is 0 Å². The Morgan fingerprint density at radius 3 is 2.19 bits per heavy atom. The van der Waals surface area contributed by atoms with Crippen LogP contribution < -0.4 is 0 Å². The number of rotatable bonds is 2. The molecule has 0 unspecified atom stereocenters. The van der Waals surface area contributed by atoms with E-state index in [0.717, 1.165) is 0 Å². The Morgan fingerprint density at radius 1 is 1.25 bits per heavy atom.